The zero-order chi connectivity index (χ0) is 15.2. The van der Waals surface area contributed by atoms with Crippen molar-refractivity contribution in [2.45, 2.75) is 74.4 Å². The van der Waals surface area contributed by atoms with E-state index in [-0.39, 0.29) is 6.04 Å². The van der Waals surface area contributed by atoms with Crippen LogP contribution in [-0.2, 0) is 22.9 Å². The van der Waals surface area contributed by atoms with Crippen LogP contribution in [0.1, 0.15) is 49.7 Å². The number of nitrogens with one attached hydrogen (secondary N) is 2. The van der Waals surface area contributed by atoms with Crippen LogP contribution in [0, 0.1) is 0 Å². The SMILES string of the molecule is O=S(=O)(NC1CC2CCC(C1)N2)c1ccc2c(c1)CCCC2. The average Bonchev–Trinajstić information content (AvgIpc) is 2.85. The van der Waals surface area contributed by atoms with Crippen LogP contribution in [0.2, 0.25) is 0 Å². The average molecular weight is 320 g/mol. The van der Waals surface area contributed by atoms with E-state index in [9.17, 15) is 8.42 Å². The van der Waals surface area contributed by atoms with Gasteiger partial charge in [-0.2, -0.15) is 0 Å². The molecule has 22 heavy (non-hydrogen) atoms. The minimum Gasteiger partial charge on any atom is -0.311 e. The molecular weight excluding hydrogens is 296 g/mol. The lowest BCUT2D eigenvalue weighted by molar-refractivity contribution is 0.345. The molecule has 1 aliphatic carbocycles. The summed E-state index contributed by atoms with van der Waals surface area (Å²) in [4.78, 5) is 0.444. The van der Waals surface area contributed by atoms with Gasteiger partial charge in [0.2, 0.25) is 10.0 Å². The molecule has 2 atom stereocenters. The van der Waals surface area contributed by atoms with E-state index < -0.39 is 10.0 Å². The Labute approximate surface area is 132 Å². The Bertz CT molecular complexity index is 659. The molecule has 2 saturated heterocycles. The molecule has 4 rings (SSSR count). The highest BCUT2D eigenvalue weighted by molar-refractivity contribution is 7.89. The van der Waals surface area contributed by atoms with E-state index in [0.717, 1.165) is 25.7 Å². The molecule has 2 bridgehead atoms. The van der Waals surface area contributed by atoms with Crippen LogP contribution in [0.5, 0.6) is 0 Å². The van der Waals surface area contributed by atoms with Crippen molar-refractivity contribution >= 4 is 10.0 Å². The van der Waals surface area contributed by atoms with Crippen LogP contribution in [0.4, 0.5) is 0 Å². The van der Waals surface area contributed by atoms with E-state index in [0.29, 0.717) is 17.0 Å². The predicted octanol–water partition coefficient (Wildman–Crippen LogP) is 2.13. The number of fused-ring (bicyclic) bond motifs is 3. The van der Waals surface area contributed by atoms with Crippen LogP contribution in [0.15, 0.2) is 23.1 Å². The topological polar surface area (TPSA) is 58.2 Å². The van der Waals surface area contributed by atoms with Gasteiger partial charge in [-0.15, -0.1) is 0 Å². The third-order valence-corrected chi connectivity index (χ3v) is 6.94. The first-order valence-corrected chi connectivity index (χ1v) is 9.99. The first-order chi connectivity index (χ1) is 10.6. The van der Waals surface area contributed by atoms with Crippen molar-refractivity contribution < 1.29 is 8.42 Å². The van der Waals surface area contributed by atoms with Gasteiger partial charge in [0.15, 0.2) is 0 Å². The minimum absolute atomic E-state index is 0.0831. The molecule has 2 aliphatic heterocycles. The van der Waals surface area contributed by atoms with Crippen molar-refractivity contribution in [1.29, 1.82) is 0 Å². The summed E-state index contributed by atoms with van der Waals surface area (Å²) in [5.41, 5.74) is 2.55. The summed E-state index contributed by atoms with van der Waals surface area (Å²) in [6, 6.07) is 6.76. The fourth-order valence-electron chi connectivity index (χ4n) is 4.32. The molecule has 2 unspecified atom stereocenters. The summed E-state index contributed by atoms with van der Waals surface area (Å²) in [5.74, 6) is 0. The molecule has 2 fully saturated rings. The first kappa shape index (κ1) is 14.7. The number of sulfonamides is 1. The number of aryl methyl sites for hydroxylation is 2. The van der Waals surface area contributed by atoms with Gasteiger partial charge in [-0.25, -0.2) is 13.1 Å². The van der Waals surface area contributed by atoms with Crippen molar-refractivity contribution in [2.75, 3.05) is 0 Å². The van der Waals surface area contributed by atoms with Crippen LogP contribution >= 0.6 is 0 Å². The molecule has 2 heterocycles. The highest BCUT2D eigenvalue weighted by Gasteiger charge is 2.35. The summed E-state index contributed by atoms with van der Waals surface area (Å²) in [6.07, 6.45) is 8.68. The summed E-state index contributed by atoms with van der Waals surface area (Å²) in [5, 5.41) is 3.55. The Hall–Kier alpha value is -0.910. The highest BCUT2D eigenvalue weighted by atomic mass is 32.2. The zero-order valence-electron chi connectivity index (χ0n) is 12.8. The monoisotopic (exact) mass is 320 g/mol. The van der Waals surface area contributed by atoms with Gasteiger partial charge in [-0.05, 0) is 74.6 Å². The van der Waals surface area contributed by atoms with Gasteiger partial charge in [-0.1, -0.05) is 6.07 Å². The Morgan fingerprint density at radius 1 is 1.00 bits per heavy atom. The molecule has 0 amide bonds. The van der Waals surface area contributed by atoms with Gasteiger partial charge < -0.3 is 5.32 Å². The van der Waals surface area contributed by atoms with Crippen molar-refractivity contribution in [3.8, 4) is 0 Å². The number of piperidine rings is 1. The third kappa shape index (κ3) is 2.82. The van der Waals surface area contributed by atoms with Crippen LogP contribution in [0.3, 0.4) is 0 Å². The summed E-state index contributed by atoms with van der Waals surface area (Å²) in [6.45, 7) is 0. The fourth-order valence-corrected chi connectivity index (χ4v) is 5.63. The maximum atomic E-state index is 12.7. The number of hydrogen-bond donors (Lipinski definition) is 2. The van der Waals surface area contributed by atoms with Gasteiger partial charge in [0, 0.05) is 18.1 Å². The van der Waals surface area contributed by atoms with Gasteiger partial charge in [-0.3, -0.25) is 0 Å². The van der Waals surface area contributed by atoms with Gasteiger partial charge in [0.25, 0.3) is 0 Å². The number of rotatable bonds is 3. The Morgan fingerprint density at radius 3 is 2.41 bits per heavy atom. The van der Waals surface area contributed by atoms with Crippen molar-refractivity contribution in [2.24, 2.45) is 0 Å². The quantitative estimate of drug-likeness (QED) is 0.897. The van der Waals surface area contributed by atoms with Crippen LogP contribution in [0.25, 0.3) is 0 Å². The van der Waals surface area contributed by atoms with E-state index in [4.69, 9.17) is 0 Å². The van der Waals surface area contributed by atoms with Crippen LogP contribution in [-0.4, -0.2) is 26.5 Å². The molecule has 0 radical (unpaired) electrons. The Kier molecular flexibility index (Phi) is 3.75. The Morgan fingerprint density at radius 2 is 1.68 bits per heavy atom. The Balaban J connectivity index is 1.53. The summed E-state index contributed by atoms with van der Waals surface area (Å²) >= 11 is 0. The molecule has 4 nitrogen and oxygen atoms in total. The molecule has 5 heteroatoms. The second-order valence-corrected chi connectivity index (χ2v) is 8.78. The standard InChI is InChI=1S/C17H24N2O2S/c20-22(21,19-16-10-14-6-7-15(11-16)18-14)17-8-5-12-3-1-2-4-13(12)9-17/h5,8-9,14-16,18-19H,1-4,6-7,10-11H2. The third-order valence-electron chi connectivity index (χ3n) is 5.43. The van der Waals surface area contributed by atoms with Crippen molar-refractivity contribution in [3.05, 3.63) is 29.3 Å². The lowest BCUT2D eigenvalue weighted by atomic mass is 9.92. The fraction of sp³-hybridized carbons (Fsp3) is 0.647. The van der Waals surface area contributed by atoms with E-state index in [2.05, 4.69) is 10.0 Å². The van der Waals surface area contributed by atoms with E-state index >= 15 is 0 Å². The second kappa shape index (κ2) is 5.62. The summed E-state index contributed by atoms with van der Waals surface area (Å²) < 4.78 is 28.3. The van der Waals surface area contributed by atoms with E-state index in [1.807, 2.05) is 12.1 Å². The smallest absolute Gasteiger partial charge is 0.240 e. The molecule has 0 saturated carbocycles. The first-order valence-electron chi connectivity index (χ1n) is 8.50. The molecule has 2 N–H and O–H groups in total. The van der Waals surface area contributed by atoms with Gasteiger partial charge >= 0.3 is 0 Å². The molecule has 1 aromatic carbocycles. The molecule has 1 aromatic rings. The molecular formula is C17H24N2O2S. The normalized spacial score (nSPS) is 31.0. The maximum absolute atomic E-state index is 12.7. The van der Waals surface area contributed by atoms with E-state index in [1.54, 1.807) is 6.07 Å². The van der Waals surface area contributed by atoms with Gasteiger partial charge in [0.1, 0.15) is 0 Å². The highest BCUT2D eigenvalue weighted by Crippen LogP contribution is 2.28. The predicted molar refractivity (Wildman–Crippen MR) is 86.4 cm³/mol. The number of hydrogen-bond acceptors (Lipinski definition) is 3. The van der Waals surface area contributed by atoms with Crippen molar-refractivity contribution in [3.63, 3.8) is 0 Å². The van der Waals surface area contributed by atoms with Crippen molar-refractivity contribution in [1.82, 2.24) is 10.0 Å². The lowest BCUT2D eigenvalue weighted by Gasteiger charge is -2.29. The zero-order valence-corrected chi connectivity index (χ0v) is 13.7. The summed E-state index contributed by atoms with van der Waals surface area (Å²) in [7, 11) is -3.39. The number of benzene rings is 1. The molecule has 0 aromatic heterocycles. The second-order valence-electron chi connectivity index (χ2n) is 7.07. The maximum Gasteiger partial charge on any atom is 0.240 e. The van der Waals surface area contributed by atoms with E-state index in [1.165, 1.54) is 36.8 Å². The lowest BCUT2D eigenvalue weighted by Crippen LogP contribution is -2.47. The minimum atomic E-state index is -3.39. The molecule has 0 spiro atoms. The molecule has 120 valence electrons. The van der Waals surface area contributed by atoms with Crippen LogP contribution < -0.4 is 10.0 Å². The van der Waals surface area contributed by atoms with Gasteiger partial charge in [0.05, 0.1) is 4.90 Å². The molecule has 3 aliphatic rings. The largest absolute Gasteiger partial charge is 0.311 e.